The van der Waals surface area contributed by atoms with Crippen molar-refractivity contribution in [3.63, 3.8) is 0 Å². The van der Waals surface area contributed by atoms with Gasteiger partial charge in [0.2, 0.25) is 11.8 Å². The number of sulfone groups is 1. The number of hydrogen-bond donors (Lipinski definition) is 2. The molecule has 43 heavy (non-hydrogen) atoms. The van der Waals surface area contributed by atoms with Crippen molar-refractivity contribution in [1.82, 2.24) is 15.1 Å². The zero-order valence-corrected chi connectivity index (χ0v) is 26.2. The second kappa shape index (κ2) is 13.4. The molecule has 2 aromatic rings. The fraction of sp³-hybridized carbons (Fsp3) is 0.576. The SMILES string of the molecule is CCCCN1C(=O)C(C(O)C2CCCCC2)NC(=O)C12CCN(Cc1ccc(Oc3ccc(S(C)(=O)=O)cc3)cc1)CC2. The molecule has 3 fully saturated rings. The number of nitrogens with one attached hydrogen (secondary N) is 1. The second-order valence-corrected chi connectivity index (χ2v) is 14.5. The van der Waals surface area contributed by atoms with E-state index < -0.39 is 27.5 Å². The highest BCUT2D eigenvalue weighted by Crippen LogP contribution is 2.36. The highest BCUT2D eigenvalue weighted by atomic mass is 32.2. The summed E-state index contributed by atoms with van der Waals surface area (Å²) in [5.74, 6) is 1.03. The Morgan fingerprint density at radius 3 is 2.16 bits per heavy atom. The standard InChI is InChI=1S/C33H45N3O6S/c1-3-4-20-36-31(38)29(30(37)25-8-6-5-7-9-25)34-32(39)33(36)18-21-35(22-19-33)23-24-10-12-26(13-11-24)42-27-14-16-28(17-15-27)43(2,40)41/h10-17,25,29-30,37H,3-9,18-23H2,1-2H3,(H,34,39). The molecule has 1 saturated carbocycles. The maximum absolute atomic E-state index is 13.8. The number of ether oxygens (including phenoxy) is 1. The van der Waals surface area contributed by atoms with Crippen molar-refractivity contribution in [3.8, 4) is 11.5 Å². The van der Waals surface area contributed by atoms with Gasteiger partial charge in [0, 0.05) is 32.4 Å². The summed E-state index contributed by atoms with van der Waals surface area (Å²) in [7, 11) is -3.26. The van der Waals surface area contributed by atoms with Gasteiger partial charge < -0.3 is 20.1 Å². The van der Waals surface area contributed by atoms with Crippen molar-refractivity contribution in [2.45, 2.75) is 93.8 Å². The molecule has 0 bridgehead atoms. The van der Waals surface area contributed by atoms with E-state index in [1.165, 1.54) is 18.4 Å². The topological polar surface area (TPSA) is 116 Å². The molecule has 234 valence electrons. The lowest BCUT2D eigenvalue weighted by atomic mass is 9.78. The molecular weight excluding hydrogens is 566 g/mol. The average molecular weight is 612 g/mol. The molecule has 2 saturated heterocycles. The van der Waals surface area contributed by atoms with E-state index >= 15 is 0 Å². The summed E-state index contributed by atoms with van der Waals surface area (Å²) in [4.78, 5) is 31.9. The van der Waals surface area contributed by atoms with Crippen LogP contribution >= 0.6 is 0 Å². The van der Waals surface area contributed by atoms with Crippen LogP contribution in [-0.4, -0.2) is 78.7 Å². The third kappa shape index (κ3) is 7.07. The first-order valence-corrected chi connectivity index (χ1v) is 17.6. The Hall–Kier alpha value is -2.95. The molecule has 2 heterocycles. The summed E-state index contributed by atoms with van der Waals surface area (Å²) in [6.07, 6.45) is 8.31. The van der Waals surface area contributed by atoms with E-state index in [0.717, 1.165) is 50.5 Å². The fourth-order valence-corrected chi connectivity index (χ4v) is 7.48. The first-order valence-electron chi connectivity index (χ1n) is 15.7. The third-order valence-corrected chi connectivity index (χ3v) is 10.6. The van der Waals surface area contributed by atoms with Gasteiger partial charge in [-0.2, -0.15) is 0 Å². The van der Waals surface area contributed by atoms with Crippen LogP contribution in [-0.2, 0) is 26.0 Å². The van der Waals surface area contributed by atoms with E-state index in [1.54, 1.807) is 12.1 Å². The molecule has 2 aliphatic heterocycles. The zero-order chi connectivity index (χ0) is 30.6. The minimum Gasteiger partial charge on any atom is -0.457 e. The monoisotopic (exact) mass is 611 g/mol. The first kappa shape index (κ1) is 31.5. The summed E-state index contributed by atoms with van der Waals surface area (Å²) in [6.45, 7) is 4.71. The van der Waals surface area contributed by atoms with Crippen molar-refractivity contribution in [2.75, 3.05) is 25.9 Å². The van der Waals surface area contributed by atoms with Crippen LogP contribution in [0.4, 0.5) is 0 Å². The molecule has 2 N–H and O–H groups in total. The number of unbranched alkanes of at least 4 members (excludes halogenated alkanes) is 1. The van der Waals surface area contributed by atoms with Crippen LogP contribution in [0.25, 0.3) is 0 Å². The molecule has 2 aromatic carbocycles. The molecule has 9 nitrogen and oxygen atoms in total. The Bertz CT molecular complexity index is 1360. The normalized spacial score (nSPS) is 22.4. The molecule has 0 radical (unpaired) electrons. The van der Waals surface area contributed by atoms with Crippen LogP contribution in [0, 0.1) is 5.92 Å². The predicted molar refractivity (Wildman–Crippen MR) is 164 cm³/mol. The lowest BCUT2D eigenvalue weighted by Gasteiger charge is -2.52. The van der Waals surface area contributed by atoms with Crippen molar-refractivity contribution in [2.24, 2.45) is 5.92 Å². The minimum atomic E-state index is -3.26. The Morgan fingerprint density at radius 1 is 0.977 bits per heavy atom. The van der Waals surface area contributed by atoms with Crippen molar-refractivity contribution >= 4 is 21.7 Å². The maximum atomic E-state index is 13.8. The number of aliphatic hydroxyl groups is 1. The lowest BCUT2D eigenvalue weighted by Crippen LogP contribution is -2.75. The number of hydrogen-bond acceptors (Lipinski definition) is 7. The van der Waals surface area contributed by atoms with Gasteiger partial charge in [-0.25, -0.2) is 8.42 Å². The van der Waals surface area contributed by atoms with Crippen molar-refractivity contribution < 1.29 is 27.9 Å². The summed E-state index contributed by atoms with van der Waals surface area (Å²) in [6, 6.07) is 13.3. The van der Waals surface area contributed by atoms with Crippen LogP contribution in [0.5, 0.6) is 11.5 Å². The number of rotatable bonds is 10. The van der Waals surface area contributed by atoms with Gasteiger partial charge in [-0.05, 0) is 80.0 Å². The molecule has 0 aromatic heterocycles. The van der Waals surface area contributed by atoms with E-state index in [1.807, 2.05) is 29.2 Å². The van der Waals surface area contributed by atoms with Crippen LogP contribution in [0.3, 0.4) is 0 Å². The maximum Gasteiger partial charge on any atom is 0.248 e. The number of piperidine rings is 1. The van der Waals surface area contributed by atoms with Crippen LogP contribution in [0.1, 0.15) is 70.3 Å². The number of carbonyl (C=O) groups is 2. The number of benzene rings is 2. The largest absolute Gasteiger partial charge is 0.457 e. The summed E-state index contributed by atoms with van der Waals surface area (Å²) >= 11 is 0. The molecule has 10 heteroatoms. The van der Waals surface area contributed by atoms with Crippen molar-refractivity contribution in [3.05, 3.63) is 54.1 Å². The van der Waals surface area contributed by atoms with Gasteiger partial charge in [0.05, 0.1) is 11.0 Å². The summed E-state index contributed by atoms with van der Waals surface area (Å²) < 4.78 is 29.3. The van der Waals surface area contributed by atoms with Gasteiger partial charge in [-0.1, -0.05) is 44.7 Å². The lowest BCUT2D eigenvalue weighted by molar-refractivity contribution is -0.166. The van der Waals surface area contributed by atoms with Gasteiger partial charge in [-0.3, -0.25) is 14.5 Å². The van der Waals surface area contributed by atoms with E-state index in [-0.39, 0.29) is 22.6 Å². The third-order valence-electron chi connectivity index (χ3n) is 9.47. The van der Waals surface area contributed by atoms with Crippen LogP contribution in [0.2, 0.25) is 0 Å². The average Bonchev–Trinajstić information content (AvgIpc) is 3.01. The second-order valence-electron chi connectivity index (χ2n) is 12.5. The van der Waals surface area contributed by atoms with Crippen LogP contribution in [0.15, 0.2) is 53.4 Å². The van der Waals surface area contributed by atoms with E-state index in [2.05, 4.69) is 17.1 Å². The highest BCUT2D eigenvalue weighted by molar-refractivity contribution is 7.90. The quantitative estimate of drug-likeness (QED) is 0.412. The Morgan fingerprint density at radius 2 is 1.58 bits per heavy atom. The van der Waals surface area contributed by atoms with E-state index in [0.29, 0.717) is 50.5 Å². The number of likely N-dealkylation sites (tertiary alicyclic amines) is 1. The van der Waals surface area contributed by atoms with Crippen molar-refractivity contribution in [1.29, 1.82) is 0 Å². The minimum absolute atomic E-state index is 0.0594. The zero-order valence-electron chi connectivity index (χ0n) is 25.3. The number of nitrogens with zero attached hydrogens (tertiary/aromatic N) is 2. The van der Waals surface area contributed by atoms with Crippen LogP contribution < -0.4 is 10.1 Å². The molecule has 3 aliphatic rings. The Balaban J connectivity index is 1.20. The molecule has 2 unspecified atom stereocenters. The van der Waals surface area contributed by atoms with Gasteiger partial charge in [0.25, 0.3) is 0 Å². The number of carbonyl (C=O) groups excluding carboxylic acids is 2. The Labute approximate surface area is 255 Å². The fourth-order valence-electron chi connectivity index (χ4n) is 6.85. The van der Waals surface area contributed by atoms with E-state index in [9.17, 15) is 23.1 Å². The molecule has 2 atom stereocenters. The molecule has 1 aliphatic carbocycles. The number of amides is 2. The summed E-state index contributed by atoms with van der Waals surface area (Å²) in [5.41, 5.74) is 0.244. The van der Waals surface area contributed by atoms with E-state index in [4.69, 9.17) is 4.74 Å². The van der Waals surface area contributed by atoms with Gasteiger partial charge >= 0.3 is 0 Å². The van der Waals surface area contributed by atoms with Gasteiger partial charge in [0.15, 0.2) is 9.84 Å². The predicted octanol–water partition coefficient (Wildman–Crippen LogP) is 4.29. The number of aliphatic hydroxyl groups excluding tert-OH is 1. The molecule has 2 amide bonds. The molecule has 1 spiro atoms. The van der Waals surface area contributed by atoms with Gasteiger partial charge in [0.1, 0.15) is 23.1 Å². The first-order chi connectivity index (χ1) is 20.6. The summed E-state index contributed by atoms with van der Waals surface area (Å²) in [5, 5.41) is 14.2. The highest BCUT2D eigenvalue weighted by Gasteiger charge is 2.55. The van der Waals surface area contributed by atoms with Gasteiger partial charge in [-0.15, -0.1) is 0 Å². The molecule has 5 rings (SSSR count). The smallest absolute Gasteiger partial charge is 0.248 e. The molecular formula is C33H45N3O6S. The Kier molecular flexibility index (Phi) is 9.78. The number of piperazine rings is 1.